The summed E-state index contributed by atoms with van der Waals surface area (Å²) in [4.78, 5) is 4.30. The standard InChI is InChI=1S/C15H14B2N4/c1-15(16,17)21-9-13(8-20-21)10-3-4-11-7-19-14(18-2)6-12(11)5-10/h3-9H,1-2H3,(H,18,19). The van der Waals surface area contributed by atoms with Crippen molar-refractivity contribution in [2.45, 2.75) is 12.3 Å². The number of fused-ring (bicyclic) bond motifs is 1. The van der Waals surface area contributed by atoms with Crippen molar-refractivity contribution in [3.8, 4) is 11.1 Å². The molecule has 1 N–H and O–H groups in total. The van der Waals surface area contributed by atoms with Crippen LogP contribution in [0.5, 0.6) is 0 Å². The Bertz CT molecular complexity index is 790. The first-order valence-corrected chi connectivity index (χ1v) is 6.68. The summed E-state index contributed by atoms with van der Waals surface area (Å²) in [6.45, 7) is 1.70. The lowest BCUT2D eigenvalue weighted by Gasteiger charge is -2.19. The SMILES string of the molecule is [B]C([B])(C)n1cc(-c2ccc3cnc(NC)cc3c2)cn1. The molecule has 3 aromatic rings. The molecule has 0 saturated heterocycles. The van der Waals surface area contributed by atoms with Gasteiger partial charge in [-0.15, -0.1) is 0 Å². The average molecular weight is 272 g/mol. The number of hydrogen-bond donors (Lipinski definition) is 1. The van der Waals surface area contributed by atoms with E-state index in [1.807, 2.05) is 37.6 Å². The lowest BCUT2D eigenvalue weighted by Crippen LogP contribution is -2.31. The average Bonchev–Trinajstić information content (AvgIpc) is 2.96. The van der Waals surface area contributed by atoms with Crippen LogP contribution in [0.2, 0.25) is 0 Å². The lowest BCUT2D eigenvalue weighted by molar-refractivity contribution is 0.572. The van der Waals surface area contributed by atoms with Crippen molar-refractivity contribution < 1.29 is 0 Å². The summed E-state index contributed by atoms with van der Waals surface area (Å²) in [6, 6.07) is 8.19. The second kappa shape index (κ2) is 4.95. The zero-order valence-corrected chi connectivity index (χ0v) is 12.0. The minimum Gasteiger partial charge on any atom is -0.373 e. The highest BCUT2D eigenvalue weighted by atomic mass is 15.3. The van der Waals surface area contributed by atoms with Crippen molar-refractivity contribution in [1.82, 2.24) is 14.8 Å². The number of nitrogens with one attached hydrogen (secondary N) is 1. The van der Waals surface area contributed by atoms with Crippen molar-refractivity contribution in [2.75, 3.05) is 12.4 Å². The van der Waals surface area contributed by atoms with Crippen molar-refractivity contribution in [1.29, 1.82) is 0 Å². The van der Waals surface area contributed by atoms with Gasteiger partial charge in [0, 0.05) is 30.4 Å². The van der Waals surface area contributed by atoms with Gasteiger partial charge in [0.15, 0.2) is 0 Å². The van der Waals surface area contributed by atoms with Crippen molar-refractivity contribution in [2.24, 2.45) is 0 Å². The van der Waals surface area contributed by atoms with Gasteiger partial charge in [-0.3, -0.25) is 4.68 Å². The zero-order chi connectivity index (χ0) is 15.0. The highest BCUT2D eigenvalue weighted by Crippen LogP contribution is 2.25. The van der Waals surface area contributed by atoms with Crippen molar-refractivity contribution >= 4 is 32.3 Å². The van der Waals surface area contributed by atoms with Gasteiger partial charge in [0.1, 0.15) is 5.82 Å². The van der Waals surface area contributed by atoms with Crippen LogP contribution in [0, 0.1) is 0 Å². The third-order valence-electron chi connectivity index (χ3n) is 3.39. The summed E-state index contributed by atoms with van der Waals surface area (Å²) in [5.74, 6) is 0.840. The van der Waals surface area contributed by atoms with E-state index < -0.39 is 5.34 Å². The smallest absolute Gasteiger partial charge is 0.126 e. The van der Waals surface area contributed by atoms with Gasteiger partial charge < -0.3 is 5.32 Å². The van der Waals surface area contributed by atoms with Crippen LogP contribution in [-0.2, 0) is 5.34 Å². The molecule has 0 aliphatic heterocycles. The molecule has 1 aromatic carbocycles. The Morgan fingerprint density at radius 1 is 1.10 bits per heavy atom. The maximum Gasteiger partial charge on any atom is 0.126 e. The molecular formula is C15H14B2N4. The molecule has 100 valence electrons. The molecule has 21 heavy (non-hydrogen) atoms. The molecule has 0 amide bonds. The van der Waals surface area contributed by atoms with E-state index in [2.05, 4.69) is 21.5 Å². The third-order valence-corrected chi connectivity index (χ3v) is 3.39. The van der Waals surface area contributed by atoms with Crippen LogP contribution < -0.4 is 5.32 Å². The van der Waals surface area contributed by atoms with E-state index in [0.717, 1.165) is 27.7 Å². The molecule has 3 rings (SSSR count). The lowest BCUT2D eigenvalue weighted by atomic mass is 9.64. The predicted octanol–water partition coefficient (Wildman–Crippen LogP) is 2.11. The summed E-state index contributed by atoms with van der Waals surface area (Å²) >= 11 is 0. The first kappa shape index (κ1) is 13.7. The van der Waals surface area contributed by atoms with Crippen LogP contribution in [-0.4, -0.2) is 37.5 Å². The molecule has 0 fully saturated rings. The van der Waals surface area contributed by atoms with Crippen LogP contribution in [0.15, 0.2) is 42.9 Å². The largest absolute Gasteiger partial charge is 0.373 e. The van der Waals surface area contributed by atoms with Gasteiger partial charge in [-0.1, -0.05) is 19.1 Å². The van der Waals surface area contributed by atoms with Crippen molar-refractivity contribution in [3.63, 3.8) is 0 Å². The van der Waals surface area contributed by atoms with Crippen LogP contribution in [0.25, 0.3) is 21.9 Å². The fraction of sp³-hybridized carbons (Fsp3) is 0.200. The molecule has 2 heterocycles. The molecule has 4 radical (unpaired) electrons. The molecule has 6 heteroatoms. The number of nitrogens with zero attached hydrogens (tertiary/aromatic N) is 3. The van der Waals surface area contributed by atoms with Gasteiger partial charge in [-0.2, -0.15) is 5.10 Å². The summed E-state index contributed by atoms with van der Waals surface area (Å²) in [5.41, 5.74) is 2.04. The van der Waals surface area contributed by atoms with E-state index in [0.29, 0.717) is 0 Å². The number of aromatic nitrogens is 3. The number of anilines is 1. The molecule has 2 aromatic heterocycles. The topological polar surface area (TPSA) is 42.7 Å². The zero-order valence-electron chi connectivity index (χ0n) is 12.0. The Morgan fingerprint density at radius 3 is 2.57 bits per heavy atom. The fourth-order valence-corrected chi connectivity index (χ4v) is 2.19. The van der Waals surface area contributed by atoms with Crippen LogP contribution in [0.1, 0.15) is 6.92 Å². The predicted molar refractivity (Wildman–Crippen MR) is 87.7 cm³/mol. The third kappa shape index (κ3) is 2.66. The van der Waals surface area contributed by atoms with Gasteiger partial charge in [-0.25, -0.2) is 4.98 Å². The summed E-state index contributed by atoms with van der Waals surface area (Å²) in [5, 5.41) is 8.46. The molecule has 0 bridgehead atoms. The molecule has 0 spiro atoms. The van der Waals surface area contributed by atoms with Gasteiger partial charge in [-0.05, 0) is 28.4 Å². The van der Waals surface area contributed by atoms with E-state index >= 15 is 0 Å². The first-order valence-electron chi connectivity index (χ1n) is 6.68. The van der Waals surface area contributed by atoms with Gasteiger partial charge in [0.05, 0.1) is 21.9 Å². The molecule has 0 aliphatic rings. The van der Waals surface area contributed by atoms with E-state index in [-0.39, 0.29) is 0 Å². The molecular weight excluding hydrogens is 258 g/mol. The summed E-state index contributed by atoms with van der Waals surface area (Å²) < 4.78 is 1.55. The maximum absolute atomic E-state index is 5.84. The van der Waals surface area contributed by atoms with Crippen LogP contribution >= 0.6 is 0 Å². The summed E-state index contributed by atoms with van der Waals surface area (Å²) in [7, 11) is 13.5. The number of hydrogen-bond acceptors (Lipinski definition) is 3. The highest BCUT2D eigenvalue weighted by Gasteiger charge is 2.13. The van der Waals surface area contributed by atoms with Gasteiger partial charge >= 0.3 is 0 Å². The number of benzene rings is 1. The first-order chi connectivity index (χ1) is 9.97. The van der Waals surface area contributed by atoms with Crippen molar-refractivity contribution in [3.05, 3.63) is 42.9 Å². The van der Waals surface area contributed by atoms with Crippen LogP contribution in [0.4, 0.5) is 5.82 Å². The quantitative estimate of drug-likeness (QED) is 0.742. The normalized spacial score (nSPS) is 11.7. The van der Waals surface area contributed by atoms with Gasteiger partial charge in [0.25, 0.3) is 0 Å². The Labute approximate surface area is 126 Å². The van der Waals surface area contributed by atoms with E-state index in [4.69, 9.17) is 15.7 Å². The second-order valence-electron chi connectivity index (χ2n) is 5.28. The molecule has 0 aliphatic carbocycles. The molecule has 0 atom stereocenters. The van der Waals surface area contributed by atoms with E-state index in [1.54, 1.807) is 17.8 Å². The minimum absolute atomic E-state index is 0.840. The fourth-order valence-electron chi connectivity index (χ4n) is 2.19. The van der Waals surface area contributed by atoms with Gasteiger partial charge in [0.2, 0.25) is 0 Å². The van der Waals surface area contributed by atoms with E-state index in [1.165, 1.54) is 0 Å². The van der Waals surface area contributed by atoms with Crippen LogP contribution in [0.3, 0.4) is 0 Å². The molecule has 0 unspecified atom stereocenters. The Balaban J connectivity index is 2.06. The molecule has 4 nitrogen and oxygen atoms in total. The Kier molecular flexibility index (Phi) is 3.24. The molecule has 0 saturated carbocycles. The summed E-state index contributed by atoms with van der Waals surface area (Å²) in [6.07, 6.45) is 5.46. The number of pyridine rings is 1. The minimum atomic E-state index is -1.00. The monoisotopic (exact) mass is 272 g/mol. The van der Waals surface area contributed by atoms with E-state index in [9.17, 15) is 0 Å². The Hall–Kier alpha value is -2.23. The highest BCUT2D eigenvalue weighted by molar-refractivity contribution is 6.37. The second-order valence-corrected chi connectivity index (χ2v) is 5.28. The Morgan fingerprint density at radius 2 is 1.90 bits per heavy atom. The maximum atomic E-state index is 5.84. The number of rotatable bonds is 3.